The number of nitrogens with zero attached hydrogens (tertiary/aromatic N) is 3. The van der Waals surface area contributed by atoms with Crippen LogP contribution < -0.4 is 10.2 Å². The fraction of sp³-hybridized carbons (Fsp3) is 0.261. The Morgan fingerprint density at radius 1 is 1.14 bits per heavy atom. The van der Waals surface area contributed by atoms with Gasteiger partial charge in [0.15, 0.2) is 0 Å². The molecule has 28 heavy (non-hydrogen) atoms. The second-order valence-electron chi connectivity index (χ2n) is 7.21. The monoisotopic (exact) mass is 372 g/mol. The maximum atomic E-state index is 13.3. The van der Waals surface area contributed by atoms with E-state index in [1.165, 1.54) is 11.1 Å². The Morgan fingerprint density at radius 2 is 1.89 bits per heavy atom. The predicted molar refractivity (Wildman–Crippen MR) is 112 cm³/mol. The fourth-order valence-electron chi connectivity index (χ4n) is 3.80. The van der Waals surface area contributed by atoms with E-state index in [1.54, 1.807) is 6.07 Å². The molecule has 5 nitrogen and oxygen atoms in total. The Bertz CT molecular complexity index is 1030. The summed E-state index contributed by atoms with van der Waals surface area (Å²) >= 11 is 0. The van der Waals surface area contributed by atoms with Crippen LogP contribution in [0.25, 0.3) is 0 Å². The number of carbonyl (C=O) groups is 1. The number of benzene rings is 2. The molecule has 1 atom stereocenters. The molecular formula is C23H24N4O. The van der Waals surface area contributed by atoms with Gasteiger partial charge >= 0.3 is 0 Å². The SMILES string of the molecule is CCc1ccccc1Nc1nc(C)cc(C(=O)N2c3ccccc3CC2C)n1. The number of rotatable bonds is 4. The molecule has 0 saturated heterocycles. The lowest BCUT2D eigenvalue weighted by atomic mass is 10.1. The lowest BCUT2D eigenvalue weighted by Crippen LogP contribution is -2.36. The molecule has 2 heterocycles. The van der Waals surface area contributed by atoms with E-state index in [-0.39, 0.29) is 11.9 Å². The number of fused-ring (bicyclic) bond motifs is 1. The van der Waals surface area contributed by atoms with Gasteiger partial charge in [0.2, 0.25) is 5.95 Å². The summed E-state index contributed by atoms with van der Waals surface area (Å²) in [7, 11) is 0. The normalized spacial score (nSPS) is 15.4. The zero-order chi connectivity index (χ0) is 19.7. The van der Waals surface area contributed by atoms with Crippen LogP contribution in [0.15, 0.2) is 54.6 Å². The van der Waals surface area contributed by atoms with Gasteiger partial charge in [-0.25, -0.2) is 9.97 Å². The molecule has 1 N–H and O–H groups in total. The van der Waals surface area contributed by atoms with Gasteiger partial charge in [0, 0.05) is 23.1 Å². The second kappa shape index (κ2) is 7.43. The third-order valence-electron chi connectivity index (χ3n) is 5.14. The van der Waals surface area contributed by atoms with Crippen LogP contribution in [0.2, 0.25) is 0 Å². The summed E-state index contributed by atoms with van der Waals surface area (Å²) in [4.78, 5) is 24.2. The van der Waals surface area contributed by atoms with E-state index in [0.29, 0.717) is 11.6 Å². The zero-order valence-electron chi connectivity index (χ0n) is 16.4. The van der Waals surface area contributed by atoms with Gasteiger partial charge in [-0.3, -0.25) is 4.79 Å². The van der Waals surface area contributed by atoms with Crippen molar-refractivity contribution in [2.45, 2.75) is 39.7 Å². The van der Waals surface area contributed by atoms with Crippen molar-refractivity contribution in [2.75, 3.05) is 10.2 Å². The van der Waals surface area contributed by atoms with Crippen LogP contribution in [-0.4, -0.2) is 21.9 Å². The van der Waals surface area contributed by atoms with Crippen LogP contribution in [-0.2, 0) is 12.8 Å². The Balaban J connectivity index is 1.67. The molecule has 0 fully saturated rings. The van der Waals surface area contributed by atoms with Crippen molar-refractivity contribution in [3.63, 3.8) is 0 Å². The van der Waals surface area contributed by atoms with E-state index in [2.05, 4.69) is 41.3 Å². The summed E-state index contributed by atoms with van der Waals surface area (Å²) < 4.78 is 0. The van der Waals surface area contributed by atoms with Crippen LogP contribution >= 0.6 is 0 Å². The standard InChI is InChI=1S/C23H24N4O/c1-4-17-9-5-7-11-19(17)25-23-24-15(2)13-20(26-23)22(28)27-16(3)14-18-10-6-8-12-21(18)27/h5-13,16H,4,14H2,1-3H3,(H,24,25,26). The summed E-state index contributed by atoms with van der Waals surface area (Å²) in [5.41, 5.74) is 5.49. The molecule has 4 rings (SSSR count). The van der Waals surface area contributed by atoms with E-state index >= 15 is 0 Å². The highest BCUT2D eigenvalue weighted by molar-refractivity contribution is 6.06. The first-order valence-corrected chi connectivity index (χ1v) is 9.69. The molecule has 5 heteroatoms. The minimum Gasteiger partial charge on any atom is -0.324 e. The number of aryl methyl sites for hydroxylation is 2. The molecule has 1 aliphatic rings. The van der Waals surface area contributed by atoms with Crippen LogP contribution in [0.5, 0.6) is 0 Å². The van der Waals surface area contributed by atoms with Crippen molar-refractivity contribution in [3.8, 4) is 0 Å². The van der Waals surface area contributed by atoms with Crippen molar-refractivity contribution < 1.29 is 4.79 Å². The van der Waals surface area contributed by atoms with Gasteiger partial charge in [0.25, 0.3) is 5.91 Å². The fourth-order valence-corrected chi connectivity index (χ4v) is 3.80. The van der Waals surface area contributed by atoms with Crippen molar-refractivity contribution in [2.24, 2.45) is 0 Å². The van der Waals surface area contributed by atoms with Crippen molar-refractivity contribution in [3.05, 3.63) is 77.1 Å². The average molecular weight is 372 g/mol. The quantitative estimate of drug-likeness (QED) is 0.722. The Hall–Kier alpha value is -3.21. The summed E-state index contributed by atoms with van der Waals surface area (Å²) in [6.07, 6.45) is 1.77. The van der Waals surface area contributed by atoms with E-state index in [4.69, 9.17) is 0 Å². The third-order valence-corrected chi connectivity index (χ3v) is 5.14. The molecule has 0 spiro atoms. The van der Waals surface area contributed by atoms with Gasteiger partial charge in [-0.2, -0.15) is 0 Å². The van der Waals surface area contributed by atoms with E-state index in [1.807, 2.05) is 48.2 Å². The third kappa shape index (κ3) is 3.36. The van der Waals surface area contributed by atoms with Gasteiger partial charge in [-0.1, -0.05) is 43.3 Å². The van der Waals surface area contributed by atoms with Crippen LogP contribution in [0.4, 0.5) is 17.3 Å². The first-order chi connectivity index (χ1) is 13.6. The smallest absolute Gasteiger partial charge is 0.277 e. The van der Waals surface area contributed by atoms with Gasteiger partial charge in [-0.05, 0) is 56.0 Å². The molecule has 1 aliphatic heterocycles. The number of aromatic nitrogens is 2. The highest BCUT2D eigenvalue weighted by Crippen LogP contribution is 2.33. The summed E-state index contributed by atoms with van der Waals surface area (Å²) in [6, 6.07) is 18.0. The summed E-state index contributed by atoms with van der Waals surface area (Å²) in [5.74, 6) is 0.360. The molecule has 142 valence electrons. The average Bonchev–Trinajstić information content (AvgIpc) is 3.03. The maximum Gasteiger partial charge on any atom is 0.277 e. The first-order valence-electron chi connectivity index (χ1n) is 9.69. The number of hydrogen-bond donors (Lipinski definition) is 1. The van der Waals surface area contributed by atoms with E-state index in [9.17, 15) is 4.79 Å². The molecule has 1 unspecified atom stereocenters. The number of carbonyl (C=O) groups excluding carboxylic acids is 1. The minimum absolute atomic E-state index is 0.0882. The zero-order valence-corrected chi connectivity index (χ0v) is 16.4. The Labute approximate surface area is 165 Å². The molecular weight excluding hydrogens is 348 g/mol. The lowest BCUT2D eigenvalue weighted by Gasteiger charge is -2.22. The second-order valence-corrected chi connectivity index (χ2v) is 7.21. The minimum atomic E-state index is -0.0882. The van der Waals surface area contributed by atoms with Gasteiger partial charge in [-0.15, -0.1) is 0 Å². The predicted octanol–water partition coefficient (Wildman–Crippen LogP) is 4.68. The number of hydrogen-bond acceptors (Lipinski definition) is 4. The largest absolute Gasteiger partial charge is 0.324 e. The molecule has 1 aromatic heterocycles. The van der Waals surface area contributed by atoms with Crippen LogP contribution in [0.3, 0.4) is 0 Å². The molecule has 3 aromatic rings. The topological polar surface area (TPSA) is 58.1 Å². The van der Waals surface area contributed by atoms with Crippen molar-refractivity contribution in [1.82, 2.24) is 9.97 Å². The summed E-state index contributed by atoms with van der Waals surface area (Å²) in [6.45, 7) is 6.07. The van der Waals surface area contributed by atoms with Crippen molar-refractivity contribution in [1.29, 1.82) is 0 Å². The first kappa shape index (κ1) is 18.2. The highest BCUT2D eigenvalue weighted by atomic mass is 16.2. The molecule has 0 aliphatic carbocycles. The maximum absolute atomic E-state index is 13.3. The van der Waals surface area contributed by atoms with Crippen LogP contribution in [0, 0.1) is 6.92 Å². The van der Waals surface area contributed by atoms with E-state index < -0.39 is 0 Å². The summed E-state index contributed by atoms with van der Waals surface area (Å²) in [5, 5.41) is 3.29. The van der Waals surface area contributed by atoms with Gasteiger partial charge < -0.3 is 10.2 Å². The lowest BCUT2D eigenvalue weighted by molar-refractivity contribution is 0.0976. The number of nitrogens with one attached hydrogen (secondary N) is 1. The number of amides is 1. The van der Waals surface area contributed by atoms with Crippen LogP contribution in [0.1, 0.15) is 41.2 Å². The number of para-hydroxylation sites is 2. The number of anilines is 3. The molecule has 1 amide bonds. The Kier molecular flexibility index (Phi) is 4.82. The van der Waals surface area contributed by atoms with Gasteiger partial charge in [0.1, 0.15) is 5.69 Å². The van der Waals surface area contributed by atoms with Gasteiger partial charge in [0.05, 0.1) is 0 Å². The van der Waals surface area contributed by atoms with E-state index in [0.717, 1.165) is 29.9 Å². The Morgan fingerprint density at radius 3 is 2.71 bits per heavy atom. The van der Waals surface area contributed by atoms with Crippen molar-refractivity contribution >= 4 is 23.2 Å². The molecule has 0 saturated carbocycles. The molecule has 2 aromatic carbocycles. The highest BCUT2D eigenvalue weighted by Gasteiger charge is 2.32. The molecule has 0 bridgehead atoms. The molecule has 0 radical (unpaired) electrons.